The van der Waals surface area contributed by atoms with E-state index >= 15 is 0 Å². The van der Waals surface area contributed by atoms with Crippen LogP contribution in [-0.2, 0) is 19.1 Å². The number of hydrogen-bond acceptors (Lipinski definition) is 7. The van der Waals surface area contributed by atoms with Gasteiger partial charge in [0.1, 0.15) is 11.6 Å². The molecule has 1 atom stereocenters. The van der Waals surface area contributed by atoms with Gasteiger partial charge in [0, 0.05) is 60.8 Å². The summed E-state index contributed by atoms with van der Waals surface area (Å²) in [4.78, 5) is 50.4. The van der Waals surface area contributed by atoms with Crippen LogP contribution >= 0.6 is 11.3 Å². The van der Waals surface area contributed by atoms with Gasteiger partial charge in [0.05, 0.1) is 12.1 Å². The van der Waals surface area contributed by atoms with E-state index in [0.717, 1.165) is 43.2 Å². The molecule has 220 valence electrons. The number of ether oxygens (including phenoxy) is 1. The summed E-state index contributed by atoms with van der Waals surface area (Å²) in [5.74, 6) is -1.36. The third-order valence-corrected chi connectivity index (χ3v) is 9.08. The quantitative estimate of drug-likeness (QED) is 0.329. The molecule has 0 radical (unpaired) electrons. The average Bonchev–Trinajstić information content (AvgIpc) is 3.53. The molecule has 6 rings (SSSR count). The monoisotopic (exact) mass is 592 g/mol. The number of amides is 2. The van der Waals surface area contributed by atoms with Crippen molar-refractivity contribution in [2.24, 2.45) is 11.8 Å². The largest absolute Gasteiger partial charge is 0.481 e. The summed E-state index contributed by atoms with van der Waals surface area (Å²) in [6.07, 6.45) is 6.60. The molecule has 42 heavy (non-hydrogen) atoms. The smallest absolute Gasteiger partial charge is 0.304 e. The van der Waals surface area contributed by atoms with E-state index in [-0.39, 0.29) is 30.2 Å². The maximum atomic E-state index is 14.5. The molecule has 2 aliphatic heterocycles. The van der Waals surface area contributed by atoms with Crippen LogP contribution in [0.4, 0.5) is 15.3 Å². The number of carbonyl (C=O) groups is 3. The standard InChI is InChI=1S/C31H33FN4O5S/c32-22-4-7-24(20-3-8-27(33-17-20)35-11-1-2-28(35)37)25(16-22)26-18-42-31(34-26)36(23-5-6-23)30(40)21(15-29(38)39)14-19-9-12-41-13-10-19/h3-4,7-8,16-19,21,23H,1-2,5-6,9-15H2,(H,38,39). The Kier molecular flexibility index (Phi) is 8.30. The molecule has 1 saturated carbocycles. The normalized spacial score (nSPS) is 18.3. The number of thiazole rings is 1. The Balaban J connectivity index is 1.28. The third-order valence-electron chi connectivity index (χ3n) is 8.24. The summed E-state index contributed by atoms with van der Waals surface area (Å²) >= 11 is 1.31. The number of carboxylic acid groups (broad SMARTS) is 1. The Morgan fingerprint density at radius 1 is 1.14 bits per heavy atom. The van der Waals surface area contributed by atoms with Crippen molar-refractivity contribution < 1.29 is 28.6 Å². The first-order valence-electron chi connectivity index (χ1n) is 14.5. The second-order valence-corrected chi connectivity index (χ2v) is 12.1. The van der Waals surface area contributed by atoms with Crippen LogP contribution in [0.5, 0.6) is 0 Å². The first-order valence-corrected chi connectivity index (χ1v) is 15.4. The van der Waals surface area contributed by atoms with E-state index in [2.05, 4.69) is 4.98 Å². The van der Waals surface area contributed by atoms with Crippen molar-refractivity contribution >= 4 is 40.1 Å². The van der Waals surface area contributed by atoms with Crippen molar-refractivity contribution in [3.8, 4) is 22.4 Å². The molecule has 0 spiro atoms. The predicted octanol–water partition coefficient (Wildman–Crippen LogP) is 5.54. The van der Waals surface area contributed by atoms with Gasteiger partial charge in [-0.2, -0.15) is 0 Å². The summed E-state index contributed by atoms with van der Waals surface area (Å²) in [6, 6.07) is 8.14. The molecule has 1 aliphatic carbocycles. The van der Waals surface area contributed by atoms with Gasteiger partial charge >= 0.3 is 5.97 Å². The van der Waals surface area contributed by atoms with Crippen molar-refractivity contribution in [3.05, 3.63) is 47.7 Å². The lowest BCUT2D eigenvalue weighted by atomic mass is 9.86. The molecule has 1 N–H and O–H groups in total. The fraction of sp³-hybridized carbons (Fsp3) is 0.452. The highest BCUT2D eigenvalue weighted by atomic mass is 32.1. The van der Waals surface area contributed by atoms with Crippen LogP contribution in [0.15, 0.2) is 41.9 Å². The topological polar surface area (TPSA) is 113 Å². The zero-order chi connectivity index (χ0) is 29.2. The van der Waals surface area contributed by atoms with E-state index in [1.165, 1.54) is 23.5 Å². The van der Waals surface area contributed by atoms with E-state index in [0.29, 0.717) is 54.8 Å². The number of halogens is 1. The highest BCUT2D eigenvalue weighted by Gasteiger charge is 2.40. The van der Waals surface area contributed by atoms with Crippen molar-refractivity contribution in [3.63, 3.8) is 0 Å². The molecule has 11 heteroatoms. The number of carbonyl (C=O) groups excluding carboxylic acids is 2. The lowest BCUT2D eigenvalue weighted by Crippen LogP contribution is -2.40. The molecule has 0 bridgehead atoms. The van der Waals surface area contributed by atoms with Crippen LogP contribution in [-0.4, -0.2) is 58.7 Å². The second-order valence-electron chi connectivity index (χ2n) is 11.3. The lowest BCUT2D eigenvalue weighted by molar-refractivity contribution is -0.141. The maximum Gasteiger partial charge on any atom is 0.304 e. The van der Waals surface area contributed by atoms with Crippen LogP contribution < -0.4 is 9.80 Å². The van der Waals surface area contributed by atoms with Crippen LogP contribution in [0.1, 0.15) is 51.4 Å². The molecule has 4 heterocycles. The number of carboxylic acids is 1. The molecule has 3 aliphatic rings. The molecule has 9 nitrogen and oxygen atoms in total. The lowest BCUT2D eigenvalue weighted by Gasteiger charge is -2.29. The molecular weight excluding hydrogens is 559 g/mol. The Bertz CT molecular complexity index is 1470. The summed E-state index contributed by atoms with van der Waals surface area (Å²) in [6.45, 7) is 1.91. The summed E-state index contributed by atoms with van der Waals surface area (Å²) in [7, 11) is 0. The molecule has 3 fully saturated rings. The highest BCUT2D eigenvalue weighted by molar-refractivity contribution is 7.14. The number of aromatic nitrogens is 2. The van der Waals surface area contributed by atoms with Crippen molar-refractivity contribution in [2.75, 3.05) is 29.6 Å². The predicted molar refractivity (Wildman–Crippen MR) is 157 cm³/mol. The molecule has 3 aromatic rings. The molecule has 2 aromatic heterocycles. The zero-order valence-electron chi connectivity index (χ0n) is 23.2. The van der Waals surface area contributed by atoms with Gasteiger partial charge in [-0.15, -0.1) is 11.3 Å². The van der Waals surface area contributed by atoms with Crippen LogP contribution in [0.25, 0.3) is 22.4 Å². The van der Waals surface area contributed by atoms with Gasteiger partial charge in [-0.05, 0) is 74.3 Å². The van der Waals surface area contributed by atoms with E-state index in [4.69, 9.17) is 9.72 Å². The van der Waals surface area contributed by atoms with Gasteiger partial charge in [0.2, 0.25) is 11.8 Å². The molecule has 1 aromatic carbocycles. The highest BCUT2D eigenvalue weighted by Crippen LogP contribution is 2.40. The van der Waals surface area contributed by atoms with Crippen molar-refractivity contribution in [2.45, 2.75) is 57.4 Å². The molecule has 2 saturated heterocycles. The van der Waals surface area contributed by atoms with Crippen molar-refractivity contribution in [1.29, 1.82) is 0 Å². The first-order chi connectivity index (χ1) is 20.4. The molecule has 2 amide bonds. The fourth-order valence-corrected chi connectivity index (χ4v) is 6.80. The second kappa shape index (κ2) is 12.3. The Morgan fingerprint density at radius 3 is 2.62 bits per heavy atom. The van der Waals surface area contributed by atoms with Gasteiger partial charge in [-0.3, -0.25) is 24.2 Å². The van der Waals surface area contributed by atoms with Crippen molar-refractivity contribution in [1.82, 2.24) is 9.97 Å². The minimum absolute atomic E-state index is 0.0143. The summed E-state index contributed by atoms with van der Waals surface area (Å²) < 4.78 is 20.0. The van der Waals surface area contributed by atoms with Gasteiger partial charge in [0.15, 0.2) is 5.13 Å². The summed E-state index contributed by atoms with van der Waals surface area (Å²) in [5.41, 5.74) is 2.58. The SMILES string of the molecule is O=C(O)CC(CC1CCOCC1)C(=O)N(c1nc(-c2cc(F)ccc2-c2ccc(N3CCCC3=O)nc2)cs1)C1CC1. The van der Waals surface area contributed by atoms with Gasteiger partial charge in [0.25, 0.3) is 0 Å². The van der Waals surface area contributed by atoms with Crippen LogP contribution in [0.3, 0.4) is 0 Å². The van der Waals surface area contributed by atoms with Crippen LogP contribution in [0.2, 0.25) is 0 Å². The zero-order valence-corrected chi connectivity index (χ0v) is 24.0. The minimum Gasteiger partial charge on any atom is -0.481 e. The molecule has 1 unspecified atom stereocenters. The van der Waals surface area contributed by atoms with Gasteiger partial charge in [-0.25, -0.2) is 14.4 Å². The Hall–Kier alpha value is -3.70. The summed E-state index contributed by atoms with van der Waals surface area (Å²) in [5, 5.41) is 11.9. The van der Waals surface area contributed by atoms with Crippen LogP contribution in [0, 0.1) is 17.7 Å². The average molecular weight is 593 g/mol. The first kappa shape index (κ1) is 28.4. The maximum absolute atomic E-state index is 14.5. The number of pyridine rings is 1. The number of rotatable bonds is 10. The number of benzene rings is 1. The number of anilines is 2. The van der Waals surface area contributed by atoms with E-state index in [1.54, 1.807) is 28.1 Å². The Morgan fingerprint density at radius 2 is 1.95 bits per heavy atom. The van der Waals surface area contributed by atoms with Gasteiger partial charge in [-0.1, -0.05) is 6.07 Å². The minimum atomic E-state index is -0.992. The fourth-order valence-electron chi connectivity index (χ4n) is 5.90. The van der Waals surface area contributed by atoms with E-state index in [9.17, 15) is 23.9 Å². The number of nitrogens with zero attached hydrogens (tertiary/aromatic N) is 4. The Labute approximate surface area is 247 Å². The van der Waals surface area contributed by atoms with E-state index in [1.807, 2.05) is 11.4 Å². The van der Waals surface area contributed by atoms with Gasteiger partial charge < -0.3 is 9.84 Å². The molecular formula is C31H33FN4O5S. The number of aliphatic carboxylic acids is 1. The number of hydrogen-bond donors (Lipinski definition) is 1. The van der Waals surface area contributed by atoms with E-state index < -0.39 is 17.7 Å². The third kappa shape index (κ3) is 6.22.